The summed E-state index contributed by atoms with van der Waals surface area (Å²) >= 11 is 12.1. The van der Waals surface area contributed by atoms with Crippen LogP contribution in [0.1, 0.15) is 19.4 Å². The molecule has 0 aromatic heterocycles. The van der Waals surface area contributed by atoms with Crippen LogP contribution >= 0.6 is 23.2 Å². The Kier molecular flexibility index (Phi) is 8.23. The first kappa shape index (κ1) is 20.6. The van der Waals surface area contributed by atoms with Crippen LogP contribution in [-0.2, 0) is 16.0 Å². The zero-order chi connectivity index (χ0) is 18.9. The number of halogens is 2. The van der Waals surface area contributed by atoms with Gasteiger partial charge < -0.3 is 14.4 Å². The molecule has 0 radical (unpaired) electrons. The van der Waals surface area contributed by atoms with E-state index in [4.69, 9.17) is 32.7 Å². The predicted molar refractivity (Wildman–Crippen MR) is 105 cm³/mol. The molecular weight excluding hydrogens is 373 g/mol. The molecule has 140 valence electrons. The molecule has 2 aromatic rings. The van der Waals surface area contributed by atoms with Crippen LogP contribution in [0.3, 0.4) is 0 Å². The molecule has 2 rings (SSSR count). The Morgan fingerprint density at radius 1 is 1.04 bits per heavy atom. The molecule has 0 heterocycles. The molecule has 0 aliphatic rings. The van der Waals surface area contributed by atoms with E-state index in [0.717, 1.165) is 25.2 Å². The van der Waals surface area contributed by atoms with Crippen molar-refractivity contribution in [1.29, 1.82) is 0 Å². The van der Waals surface area contributed by atoms with E-state index in [-0.39, 0.29) is 12.4 Å². The number of esters is 1. The number of rotatable bonds is 9. The maximum atomic E-state index is 12.1. The van der Waals surface area contributed by atoms with Gasteiger partial charge in [0.15, 0.2) is 0 Å². The molecule has 26 heavy (non-hydrogen) atoms. The lowest BCUT2D eigenvalue weighted by Gasteiger charge is -2.17. The van der Waals surface area contributed by atoms with Gasteiger partial charge in [-0.25, -0.2) is 0 Å². The predicted octanol–water partition coefficient (Wildman–Crippen LogP) is 5.21. The lowest BCUT2D eigenvalue weighted by Crippen LogP contribution is -2.28. The molecule has 0 atom stereocenters. The van der Waals surface area contributed by atoms with Crippen LogP contribution < -0.4 is 4.74 Å². The molecule has 0 saturated carbocycles. The van der Waals surface area contributed by atoms with Crippen molar-refractivity contribution in [3.8, 4) is 11.5 Å². The average molecular weight is 396 g/mol. The standard InChI is InChI=1S/C20H23Cl2NO3/c1-3-23(4-2)11-12-25-20(24)13-15-7-5-6-8-18(15)26-19-10-9-16(21)14-17(19)22/h5-10,14H,3-4,11-13H2,1-2H3. The first-order chi connectivity index (χ1) is 12.5. The van der Waals surface area contributed by atoms with Crippen molar-refractivity contribution < 1.29 is 14.3 Å². The molecular formula is C20H23Cl2NO3. The van der Waals surface area contributed by atoms with Crippen molar-refractivity contribution in [1.82, 2.24) is 4.90 Å². The van der Waals surface area contributed by atoms with Gasteiger partial charge in [0.05, 0.1) is 11.4 Å². The highest BCUT2D eigenvalue weighted by atomic mass is 35.5. The third-order valence-corrected chi connectivity index (χ3v) is 4.52. The first-order valence-corrected chi connectivity index (χ1v) is 9.37. The molecule has 0 bridgehead atoms. The van der Waals surface area contributed by atoms with Crippen LogP contribution in [0.15, 0.2) is 42.5 Å². The van der Waals surface area contributed by atoms with Crippen LogP contribution in [-0.4, -0.2) is 37.1 Å². The highest BCUT2D eigenvalue weighted by Crippen LogP contribution is 2.33. The zero-order valence-corrected chi connectivity index (χ0v) is 16.5. The number of hydrogen-bond donors (Lipinski definition) is 0. The van der Waals surface area contributed by atoms with E-state index in [1.807, 2.05) is 18.2 Å². The fraction of sp³-hybridized carbons (Fsp3) is 0.350. The van der Waals surface area contributed by atoms with E-state index in [2.05, 4.69) is 18.7 Å². The second-order valence-corrected chi connectivity index (χ2v) is 6.55. The fourth-order valence-electron chi connectivity index (χ4n) is 2.46. The van der Waals surface area contributed by atoms with Crippen LogP contribution in [0, 0.1) is 0 Å². The number of carbonyl (C=O) groups is 1. The van der Waals surface area contributed by atoms with E-state index in [0.29, 0.717) is 28.2 Å². The highest BCUT2D eigenvalue weighted by Gasteiger charge is 2.12. The third kappa shape index (κ3) is 6.20. The van der Waals surface area contributed by atoms with Crippen LogP contribution in [0.5, 0.6) is 11.5 Å². The molecule has 0 fully saturated rings. The van der Waals surface area contributed by atoms with E-state index < -0.39 is 0 Å². The Bertz CT molecular complexity index is 733. The topological polar surface area (TPSA) is 38.8 Å². The molecule has 6 heteroatoms. The van der Waals surface area contributed by atoms with Gasteiger partial charge in [-0.15, -0.1) is 0 Å². The summed E-state index contributed by atoms with van der Waals surface area (Å²) in [5.41, 5.74) is 0.742. The van der Waals surface area contributed by atoms with E-state index >= 15 is 0 Å². The number of ether oxygens (including phenoxy) is 2. The minimum Gasteiger partial charge on any atom is -0.464 e. The van der Waals surface area contributed by atoms with Gasteiger partial charge in [0.25, 0.3) is 0 Å². The second kappa shape index (κ2) is 10.4. The summed E-state index contributed by atoms with van der Waals surface area (Å²) in [6.07, 6.45) is 0.139. The lowest BCUT2D eigenvalue weighted by atomic mass is 10.1. The van der Waals surface area contributed by atoms with Gasteiger partial charge in [-0.2, -0.15) is 0 Å². The van der Waals surface area contributed by atoms with Gasteiger partial charge >= 0.3 is 5.97 Å². The van der Waals surface area contributed by atoms with Gasteiger partial charge in [0.2, 0.25) is 0 Å². The van der Waals surface area contributed by atoms with E-state index in [1.54, 1.807) is 24.3 Å². The first-order valence-electron chi connectivity index (χ1n) is 8.62. The minimum atomic E-state index is -0.282. The van der Waals surface area contributed by atoms with Crippen molar-refractivity contribution in [2.45, 2.75) is 20.3 Å². The van der Waals surface area contributed by atoms with Gasteiger partial charge in [-0.05, 0) is 37.4 Å². The quantitative estimate of drug-likeness (QED) is 0.546. The van der Waals surface area contributed by atoms with Crippen molar-refractivity contribution >= 4 is 29.2 Å². The maximum Gasteiger partial charge on any atom is 0.310 e. The molecule has 0 aliphatic carbocycles. The smallest absolute Gasteiger partial charge is 0.310 e. The summed E-state index contributed by atoms with van der Waals surface area (Å²) in [7, 11) is 0. The fourth-order valence-corrected chi connectivity index (χ4v) is 2.91. The van der Waals surface area contributed by atoms with E-state index in [1.165, 1.54) is 0 Å². The summed E-state index contributed by atoms with van der Waals surface area (Å²) < 4.78 is 11.2. The maximum absolute atomic E-state index is 12.1. The molecule has 0 aliphatic heterocycles. The van der Waals surface area contributed by atoms with Gasteiger partial charge in [0, 0.05) is 17.1 Å². The van der Waals surface area contributed by atoms with Gasteiger partial charge in [-0.3, -0.25) is 4.79 Å². The summed E-state index contributed by atoms with van der Waals surface area (Å²) in [6.45, 7) is 7.16. The second-order valence-electron chi connectivity index (χ2n) is 5.71. The van der Waals surface area contributed by atoms with Crippen LogP contribution in [0.25, 0.3) is 0 Å². The van der Waals surface area contributed by atoms with Gasteiger partial charge in [-0.1, -0.05) is 55.2 Å². The lowest BCUT2D eigenvalue weighted by molar-refractivity contribution is -0.143. The van der Waals surface area contributed by atoms with Crippen molar-refractivity contribution in [2.24, 2.45) is 0 Å². The monoisotopic (exact) mass is 395 g/mol. The molecule has 0 spiro atoms. The zero-order valence-electron chi connectivity index (χ0n) is 15.0. The number of carbonyl (C=O) groups excluding carboxylic acids is 1. The van der Waals surface area contributed by atoms with Crippen molar-refractivity contribution in [3.05, 3.63) is 58.1 Å². The summed E-state index contributed by atoms with van der Waals surface area (Å²) in [6, 6.07) is 12.3. The van der Waals surface area contributed by atoms with Crippen molar-refractivity contribution in [3.63, 3.8) is 0 Å². The van der Waals surface area contributed by atoms with Crippen LogP contribution in [0.2, 0.25) is 10.0 Å². The largest absolute Gasteiger partial charge is 0.464 e. The number of benzene rings is 2. The van der Waals surface area contributed by atoms with Crippen molar-refractivity contribution in [2.75, 3.05) is 26.2 Å². The Morgan fingerprint density at radius 2 is 1.77 bits per heavy atom. The van der Waals surface area contributed by atoms with E-state index in [9.17, 15) is 4.79 Å². The normalized spacial score (nSPS) is 10.8. The molecule has 0 amide bonds. The number of nitrogens with zero attached hydrogens (tertiary/aromatic N) is 1. The Hall–Kier alpha value is -1.75. The summed E-state index contributed by atoms with van der Waals surface area (Å²) in [4.78, 5) is 14.3. The molecule has 2 aromatic carbocycles. The Labute approximate surface area is 164 Å². The third-order valence-electron chi connectivity index (χ3n) is 3.99. The Morgan fingerprint density at radius 3 is 2.46 bits per heavy atom. The summed E-state index contributed by atoms with van der Waals surface area (Å²) in [5.74, 6) is 0.770. The molecule has 0 N–H and O–H groups in total. The molecule has 4 nitrogen and oxygen atoms in total. The SMILES string of the molecule is CCN(CC)CCOC(=O)Cc1ccccc1Oc1ccc(Cl)cc1Cl. The molecule has 0 saturated heterocycles. The highest BCUT2D eigenvalue weighted by molar-refractivity contribution is 6.35. The molecule has 0 unspecified atom stereocenters. The summed E-state index contributed by atoms with van der Waals surface area (Å²) in [5, 5.41) is 0.946. The number of para-hydroxylation sites is 1. The van der Waals surface area contributed by atoms with Crippen LogP contribution in [0.4, 0.5) is 0 Å². The Balaban J connectivity index is 1.99. The minimum absolute atomic E-state index is 0.139. The number of likely N-dealkylation sites (N-methyl/N-ethyl adjacent to an activating group) is 1. The number of hydrogen-bond acceptors (Lipinski definition) is 4. The average Bonchev–Trinajstić information content (AvgIpc) is 2.62. The van der Waals surface area contributed by atoms with Gasteiger partial charge in [0.1, 0.15) is 18.1 Å².